The van der Waals surface area contributed by atoms with Crippen molar-refractivity contribution in [2.45, 2.75) is 51.2 Å². The highest BCUT2D eigenvalue weighted by Gasteiger charge is 2.28. The Hall–Kier alpha value is -1.39. The first kappa shape index (κ1) is 16.0. The van der Waals surface area contributed by atoms with Crippen LogP contribution < -0.4 is 11.1 Å². The number of nitrogens with two attached hydrogens (primary N) is 1. The van der Waals surface area contributed by atoms with Gasteiger partial charge in [0, 0.05) is 24.7 Å². The first-order chi connectivity index (χ1) is 9.88. The molecule has 3 N–H and O–H groups in total. The van der Waals surface area contributed by atoms with E-state index < -0.39 is 6.04 Å². The maximum Gasteiger partial charge on any atom is 0.241 e. The number of benzene rings is 1. The number of carbonyl (C=O) groups excluding carboxylic acids is 1. The zero-order valence-corrected chi connectivity index (χ0v) is 13.3. The van der Waals surface area contributed by atoms with E-state index in [1.54, 1.807) is 0 Å². The number of hydrogen-bond acceptors (Lipinski definition) is 3. The maximum atomic E-state index is 12.2. The lowest BCUT2D eigenvalue weighted by Gasteiger charge is -2.41. The van der Waals surface area contributed by atoms with Crippen LogP contribution in [0.15, 0.2) is 30.3 Å². The smallest absolute Gasteiger partial charge is 0.241 e. The summed E-state index contributed by atoms with van der Waals surface area (Å²) in [6, 6.07) is 9.20. The lowest BCUT2D eigenvalue weighted by molar-refractivity contribution is -0.123. The second-order valence-corrected chi connectivity index (χ2v) is 6.83. The largest absolute Gasteiger partial charge is 0.352 e. The summed E-state index contributed by atoms with van der Waals surface area (Å²) in [5, 5.41) is 3.10. The first-order valence-electron chi connectivity index (χ1n) is 7.74. The van der Waals surface area contributed by atoms with E-state index in [2.05, 4.69) is 31.0 Å². The van der Waals surface area contributed by atoms with Crippen LogP contribution in [0, 0.1) is 0 Å². The third kappa shape index (κ3) is 4.29. The second-order valence-electron chi connectivity index (χ2n) is 6.83. The number of amides is 1. The summed E-state index contributed by atoms with van der Waals surface area (Å²) >= 11 is 0. The van der Waals surface area contributed by atoms with Gasteiger partial charge in [-0.25, -0.2) is 0 Å². The monoisotopic (exact) mass is 289 g/mol. The van der Waals surface area contributed by atoms with Gasteiger partial charge in [0.05, 0.1) is 0 Å². The summed E-state index contributed by atoms with van der Waals surface area (Å²) in [5.41, 5.74) is 7.10. The van der Waals surface area contributed by atoms with E-state index in [4.69, 9.17) is 5.73 Å². The standard InChI is InChI=1S/C17H27N3O/c1-17(2,3)20-11-9-14(10-12-20)19-16(21)15(18)13-7-5-4-6-8-13/h4-8,14-15H,9-12,18H2,1-3H3,(H,19,21)/t15-/m0/s1. The topological polar surface area (TPSA) is 58.4 Å². The summed E-state index contributed by atoms with van der Waals surface area (Å²) in [6.07, 6.45) is 1.98. The van der Waals surface area contributed by atoms with Crippen molar-refractivity contribution < 1.29 is 4.79 Å². The van der Waals surface area contributed by atoms with E-state index in [9.17, 15) is 4.79 Å². The molecule has 1 aliphatic rings. The minimum Gasteiger partial charge on any atom is -0.352 e. The molecule has 0 unspecified atom stereocenters. The van der Waals surface area contributed by atoms with Gasteiger partial charge in [0.15, 0.2) is 0 Å². The number of nitrogens with zero attached hydrogens (tertiary/aromatic N) is 1. The van der Waals surface area contributed by atoms with Crippen LogP contribution in [0.1, 0.15) is 45.2 Å². The average molecular weight is 289 g/mol. The van der Waals surface area contributed by atoms with Crippen LogP contribution in [-0.4, -0.2) is 35.5 Å². The molecule has 1 amide bonds. The molecule has 1 aliphatic heterocycles. The van der Waals surface area contributed by atoms with Crippen molar-refractivity contribution in [2.24, 2.45) is 5.73 Å². The molecular formula is C17H27N3O. The quantitative estimate of drug-likeness (QED) is 0.895. The van der Waals surface area contributed by atoms with E-state index in [1.807, 2.05) is 30.3 Å². The van der Waals surface area contributed by atoms with Gasteiger partial charge in [0.2, 0.25) is 5.91 Å². The zero-order valence-electron chi connectivity index (χ0n) is 13.3. The minimum atomic E-state index is -0.577. The molecule has 0 spiro atoms. The molecule has 4 heteroatoms. The van der Waals surface area contributed by atoms with Crippen LogP contribution in [0.4, 0.5) is 0 Å². The van der Waals surface area contributed by atoms with Gasteiger partial charge in [0.25, 0.3) is 0 Å². The van der Waals surface area contributed by atoms with Crippen LogP contribution >= 0.6 is 0 Å². The fourth-order valence-corrected chi connectivity index (χ4v) is 2.80. The SMILES string of the molecule is CC(C)(C)N1CCC(NC(=O)[C@@H](N)c2ccccc2)CC1. The van der Waals surface area contributed by atoms with Gasteiger partial charge in [-0.15, -0.1) is 0 Å². The molecule has 2 rings (SSSR count). The van der Waals surface area contributed by atoms with Crippen LogP contribution in [0.2, 0.25) is 0 Å². The summed E-state index contributed by atoms with van der Waals surface area (Å²) < 4.78 is 0. The Morgan fingerprint density at radius 3 is 2.33 bits per heavy atom. The van der Waals surface area contributed by atoms with Crippen molar-refractivity contribution in [3.05, 3.63) is 35.9 Å². The Bertz CT molecular complexity index is 459. The molecule has 21 heavy (non-hydrogen) atoms. The van der Waals surface area contributed by atoms with Crippen LogP contribution in [0.3, 0.4) is 0 Å². The maximum absolute atomic E-state index is 12.2. The molecule has 0 radical (unpaired) electrons. The summed E-state index contributed by atoms with van der Waals surface area (Å²) in [7, 11) is 0. The van der Waals surface area contributed by atoms with Gasteiger partial charge in [-0.3, -0.25) is 9.69 Å². The molecule has 0 aromatic heterocycles. The van der Waals surface area contributed by atoms with Crippen molar-refractivity contribution in [2.75, 3.05) is 13.1 Å². The van der Waals surface area contributed by atoms with Crippen molar-refractivity contribution in [3.63, 3.8) is 0 Å². The number of carbonyl (C=O) groups is 1. The molecule has 1 aromatic carbocycles. The third-order valence-electron chi connectivity index (χ3n) is 4.23. The molecule has 1 aromatic rings. The highest BCUT2D eigenvalue weighted by molar-refractivity contribution is 5.83. The Balaban J connectivity index is 1.85. The number of hydrogen-bond donors (Lipinski definition) is 2. The number of likely N-dealkylation sites (tertiary alicyclic amines) is 1. The lowest BCUT2D eigenvalue weighted by Crippen LogP contribution is -2.51. The molecule has 0 aliphatic carbocycles. The fourth-order valence-electron chi connectivity index (χ4n) is 2.80. The summed E-state index contributed by atoms with van der Waals surface area (Å²) in [6.45, 7) is 8.75. The Labute approximate surface area is 127 Å². The van der Waals surface area contributed by atoms with Crippen molar-refractivity contribution in [1.29, 1.82) is 0 Å². The van der Waals surface area contributed by atoms with E-state index in [0.29, 0.717) is 0 Å². The molecule has 0 saturated carbocycles. The number of rotatable bonds is 3. The molecular weight excluding hydrogens is 262 g/mol. The Kier molecular flexibility index (Phi) is 5.01. The lowest BCUT2D eigenvalue weighted by atomic mass is 9.97. The van der Waals surface area contributed by atoms with Gasteiger partial charge in [-0.2, -0.15) is 0 Å². The zero-order chi connectivity index (χ0) is 15.5. The van der Waals surface area contributed by atoms with Crippen LogP contribution in [0.25, 0.3) is 0 Å². The summed E-state index contributed by atoms with van der Waals surface area (Å²) in [4.78, 5) is 14.7. The van der Waals surface area contributed by atoms with Crippen LogP contribution in [0.5, 0.6) is 0 Å². The molecule has 1 heterocycles. The summed E-state index contributed by atoms with van der Waals surface area (Å²) in [5.74, 6) is -0.0737. The van der Waals surface area contributed by atoms with Gasteiger partial charge in [-0.1, -0.05) is 30.3 Å². The molecule has 1 fully saturated rings. The average Bonchev–Trinajstić information content (AvgIpc) is 2.47. The predicted octanol–water partition coefficient (Wildman–Crippen LogP) is 2.07. The molecule has 1 saturated heterocycles. The third-order valence-corrected chi connectivity index (χ3v) is 4.23. The van der Waals surface area contributed by atoms with E-state index in [1.165, 1.54) is 0 Å². The van der Waals surface area contributed by atoms with Crippen molar-refractivity contribution in [3.8, 4) is 0 Å². The minimum absolute atomic E-state index is 0.0737. The Morgan fingerprint density at radius 2 is 1.81 bits per heavy atom. The van der Waals surface area contributed by atoms with Gasteiger partial charge in [-0.05, 0) is 39.2 Å². The van der Waals surface area contributed by atoms with E-state index in [-0.39, 0.29) is 17.5 Å². The first-order valence-corrected chi connectivity index (χ1v) is 7.74. The highest BCUT2D eigenvalue weighted by Crippen LogP contribution is 2.20. The molecule has 0 bridgehead atoms. The number of nitrogens with one attached hydrogen (secondary N) is 1. The van der Waals surface area contributed by atoms with Crippen molar-refractivity contribution in [1.82, 2.24) is 10.2 Å². The normalized spacial score (nSPS) is 19.2. The van der Waals surface area contributed by atoms with E-state index >= 15 is 0 Å². The molecule has 4 nitrogen and oxygen atoms in total. The van der Waals surface area contributed by atoms with Gasteiger partial charge < -0.3 is 11.1 Å². The highest BCUT2D eigenvalue weighted by atomic mass is 16.2. The van der Waals surface area contributed by atoms with Gasteiger partial charge in [0.1, 0.15) is 6.04 Å². The fraction of sp³-hybridized carbons (Fsp3) is 0.588. The van der Waals surface area contributed by atoms with Crippen LogP contribution in [-0.2, 0) is 4.79 Å². The second kappa shape index (κ2) is 6.58. The molecule has 1 atom stereocenters. The van der Waals surface area contributed by atoms with Gasteiger partial charge >= 0.3 is 0 Å². The number of piperidine rings is 1. The predicted molar refractivity (Wildman–Crippen MR) is 85.9 cm³/mol. The van der Waals surface area contributed by atoms with E-state index in [0.717, 1.165) is 31.5 Å². The van der Waals surface area contributed by atoms with Crippen molar-refractivity contribution >= 4 is 5.91 Å². The Morgan fingerprint density at radius 1 is 1.24 bits per heavy atom. The molecule has 116 valence electrons.